The molecular formula is C14H20N2O4S. The van der Waals surface area contributed by atoms with E-state index in [1.54, 1.807) is 19.2 Å². The van der Waals surface area contributed by atoms with Crippen LogP contribution in [0.4, 0.5) is 0 Å². The van der Waals surface area contributed by atoms with E-state index in [2.05, 4.69) is 10.0 Å². The minimum Gasteiger partial charge on any atom is -0.380 e. The average molecular weight is 312 g/mol. The van der Waals surface area contributed by atoms with Crippen LogP contribution in [0.3, 0.4) is 0 Å². The van der Waals surface area contributed by atoms with E-state index in [1.807, 2.05) is 13.0 Å². The second-order valence-corrected chi connectivity index (χ2v) is 6.71. The summed E-state index contributed by atoms with van der Waals surface area (Å²) in [5.74, 6) is -0.545. The van der Waals surface area contributed by atoms with Crippen molar-refractivity contribution < 1.29 is 17.9 Å². The van der Waals surface area contributed by atoms with E-state index in [1.165, 1.54) is 6.07 Å². The molecule has 1 aliphatic rings. The zero-order valence-corrected chi connectivity index (χ0v) is 12.9. The zero-order chi connectivity index (χ0) is 15.5. The second kappa shape index (κ2) is 6.55. The van der Waals surface area contributed by atoms with Crippen molar-refractivity contribution in [2.24, 2.45) is 0 Å². The number of ether oxygens (including phenoxy) is 1. The van der Waals surface area contributed by atoms with E-state index in [9.17, 15) is 13.2 Å². The first kappa shape index (κ1) is 15.9. The number of sulfonamides is 1. The number of hydrogen-bond donors (Lipinski definition) is 2. The summed E-state index contributed by atoms with van der Waals surface area (Å²) in [6.45, 7) is 2.48. The lowest BCUT2D eigenvalue weighted by molar-refractivity contribution is -0.121. The topological polar surface area (TPSA) is 84.5 Å². The van der Waals surface area contributed by atoms with E-state index in [0.29, 0.717) is 13.0 Å². The summed E-state index contributed by atoms with van der Waals surface area (Å²) in [5, 5.41) is 2.95. The summed E-state index contributed by atoms with van der Waals surface area (Å²) in [4.78, 5) is 12.1. The Kier molecular flexibility index (Phi) is 4.97. The Morgan fingerprint density at radius 2 is 2.24 bits per heavy atom. The van der Waals surface area contributed by atoms with Crippen molar-refractivity contribution in [2.75, 3.05) is 13.7 Å². The first-order valence-corrected chi connectivity index (χ1v) is 8.36. The van der Waals surface area contributed by atoms with Crippen molar-refractivity contribution in [1.82, 2.24) is 10.0 Å². The highest BCUT2D eigenvalue weighted by atomic mass is 32.2. The van der Waals surface area contributed by atoms with Gasteiger partial charge in [-0.1, -0.05) is 19.1 Å². The number of carbonyl (C=O) groups excluding carboxylic acids is 1. The third-order valence-corrected chi connectivity index (χ3v) is 4.94. The molecule has 1 fully saturated rings. The van der Waals surface area contributed by atoms with Gasteiger partial charge in [0, 0.05) is 13.7 Å². The van der Waals surface area contributed by atoms with E-state index < -0.39 is 22.0 Å². The number of amides is 1. The Balaban J connectivity index is 2.08. The second-order valence-electron chi connectivity index (χ2n) is 5.02. The zero-order valence-electron chi connectivity index (χ0n) is 12.1. The van der Waals surface area contributed by atoms with Gasteiger partial charge in [-0.25, -0.2) is 13.1 Å². The first-order valence-electron chi connectivity index (χ1n) is 6.88. The summed E-state index contributed by atoms with van der Waals surface area (Å²) in [6, 6.07) is 6.04. The van der Waals surface area contributed by atoms with E-state index >= 15 is 0 Å². The molecule has 0 bridgehead atoms. The van der Waals surface area contributed by atoms with E-state index in [4.69, 9.17) is 4.74 Å². The van der Waals surface area contributed by atoms with Crippen molar-refractivity contribution in [1.29, 1.82) is 0 Å². The molecule has 0 saturated carbocycles. The molecule has 7 heteroatoms. The lowest BCUT2D eigenvalue weighted by Crippen LogP contribution is -2.43. The van der Waals surface area contributed by atoms with Gasteiger partial charge in [-0.3, -0.25) is 4.79 Å². The van der Waals surface area contributed by atoms with E-state index in [0.717, 1.165) is 12.0 Å². The van der Waals surface area contributed by atoms with Crippen molar-refractivity contribution in [2.45, 2.75) is 36.8 Å². The van der Waals surface area contributed by atoms with Crippen LogP contribution in [0.5, 0.6) is 0 Å². The minimum atomic E-state index is -3.83. The molecule has 0 unspecified atom stereocenters. The van der Waals surface area contributed by atoms with Gasteiger partial charge in [-0.15, -0.1) is 0 Å². The predicted octanol–water partition coefficient (Wildman–Crippen LogP) is 0.431. The molecule has 1 aromatic rings. The van der Waals surface area contributed by atoms with Crippen LogP contribution in [0.25, 0.3) is 0 Å². The molecule has 0 aliphatic carbocycles. The largest absolute Gasteiger partial charge is 0.380 e. The number of benzene rings is 1. The van der Waals surface area contributed by atoms with Gasteiger partial charge in [0.1, 0.15) is 0 Å². The maximum atomic E-state index is 12.2. The van der Waals surface area contributed by atoms with Crippen LogP contribution < -0.4 is 10.0 Å². The van der Waals surface area contributed by atoms with Crippen molar-refractivity contribution in [3.05, 3.63) is 29.8 Å². The summed E-state index contributed by atoms with van der Waals surface area (Å²) in [5.41, 5.74) is 0.906. The molecule has 0 aromatic heterocycles. The van der Waals surface area contributed by atoms with Crippen LogP contribution in [0.1, 0.15) is 18.9 Å². The number of aryl methyl sites for hydroxylation is 1. The molecule has 2 atom stereocenters. The monoisotopic (exact) mass is 312 g/mol. The number of methoxy groups -OCH3 is 1. The van der Waals surface area contributed by atoms with Crippen LogP contribution in [0.15, 0.2) is 29.2 Å². The molecule has 116 valence electrons. The smallest absolute Gasteiger partial charge is 0.264 e. The summed E-state index contributed by atoms with van der Waals surface area (Å²) in [7, 11) is -2.27. The standard InChI is InChI=1S/C14H20N2O4S/c1-3-10-5-4-6-12(7-10)21(18,19)16-14(17)13-8-11(20-2)9-15-13/h4-7,11,13,15H,3,8-9H2,1-2H3,(H,16,17)/t11-,13+/m1/s1. The molecule has 1 aliphatic heterocycles. The average Bonchev–Trinajstić information content (AvgIpc) is 2.96. The van der Waals surface area contributed by atoms with Gasteiger partial charge in [-0.05, 0) is 30.5 Å². The van der Waals surface area contributed by atoms with Gasteiger partial charge in [0.05, 0.1) is 17.0 Å². The van der Waals surface area contributed by atoms with Gasteiger partial charge in [0.15, 0.2) is 0 Å². The number of rotatable bonds is 5. The molecule has 21 heavy (non-hydrogen) atoms. The summed E-state index contributed by atoms with van der Waals surface area (Å²) < 4.78 is 31.7. The van der Waals surface area contributed by atoms with Crippen LogP contribution in [-0.2, 0) is 26.0 Å². The summed E-state index contributed by atoms with van der Waals surface area (Å²) >= 11 is 0. The highest BCUT2D eigenvalue weighted by Crippen LogP contribution is 2.14. The van der Waals surface area contributed by atoms with Crippen LogP contribution in [0, 0.1) is 0 Å². The lowest BCUT2D eigenvalue weighted by atomic mass is 10.2. The third-order valence-electron chi connectivity index (χ3n) is 3.59. The Hall–Kier alpha value is -1.44. The Morgan fingerprint density at radius 3 is 2.86 bits per heavy atom. The molecule has 0 spiro atoms. The van der Waals surface area contributed by atoms with Gasteiger partial charge in [0.2, 0.25) is 0 Å². The van der Waals surface area contributed by atoms with Crippen LogP contribution in [-0.4, -0.2) is 40.1 Å². The first-order chi connectivity index (χ1) is 9.96. The number of nitrogens with one attached hydrogen (secondary N) is 2. The molecule has 1 saturated heterocycles. The van der Waals surface area contributed by atoms with Gasteiger partial charge in [-0.2, -0.15) is 0 Å². The number of hydrogen-bond acceptors (Lipinski definition) is 5. The molecule has 6 nitrogen and oxygen atoms in total. The minimum absolute atomic E-state index is 0.0631. The Bertz CT molecular complexity index is 615. The Morgan fingerprint density at radius 1 is 1.48 bits per heavy atom. The molecule has 2 N–H and O–H groups in total. The fourth-order valence-electron chi connectivity index (χ4n) is 2.28. The van der Waals surface area contributed by atoms with Crippen LogP contribution >= 0.6 is 0 Å². The van der Waals surface area contributed by atoms with Gasteiger partial charge < -0.3 is 10.1 Å². The Labute approximate surface area is 124 Å². The van der Waals surface area contributed by atoms with Crippen LogP contribution in [0.2, 0.25) is 0 Å². The molecule has 1 aromatic carbocycles. The quantitative estimate of drug-likeness (QED) is 0.824. The maximum absolute atomic E-state index is 12.2. The highest BCUT2D eigenvalue weighted by molar-refractivity contribution is 7.90. The maximum Gasteiger partial charge on any atom is 0.264 e. The highest BCUT2D eigenvalue weighted by Gasteiger charge is 2.31. The molecular weight excluding hydrogens is 292 g/mol. The number of carbonyl (C=O) groups is 1. The predicted molar refractivity (Wildman–Crippen MR) is 78.4 cm³/mol. The SMILES string of the molecule is CCc1cccc(S(=O)(=O)NC(=O)[C@@H]2C[C@@H](OC)CN2)c1. The van der Waals surface area contributed by atoms with Crippen molar-refractivity contribution in [3.8, 4) is 0 Å². The fourth-order valence-corrected chi connectivity index (χ4v) is 3.37. The van der Waals surface area contributed by atoms with Crippen molar-refractivity contribution in [3.63, 3.8) is 0 Å². The molecule has 1 heterocycles. The normalized spacial score (nSPS) is 22.2. The van der Waals surface area contributed by atoms with Gasteiger partial charge >= 0.3 is 0 Å². The summed E-state index contributed by atoms with van der Waals surface area (Å²) in [6.07, 6.45) is 1.14. The third kappa shape index (κ3) is 3.81. The molecule has 0 radical (unpaired) electrons. The van der Waals surface area contributed by atoms with Crippen molar-refractivity contribution >= 4 is 15.9 Å². The van der Waals surface area contributed by atoms with E-state index in [-0.39, 0.29) is 11.0 Å². The lowest BCUT2D eigenvalue weighted by Gasteiger charge is -2.12. The molecule has 2 rings (SSSR count). The molecule has 1 amide bonds. The fraction of sp³-hybridized carbons (Fsp3) is 0.500. The van der Waals surface area contributed by atoms with Gasteiger partial charge in [0.25, 0.3) is 15.9 Å².